The van der Waals surface area contributed by atoms with Crippen molar-refractivity contribution in [1.82, 2.24) is 19.8 Å². The third-order valence-corrected chi connectivity index (χ3v) is 5.76. The van der Waals surface area contributed by atoms with Gasteiger partial charge in [0.15, 0.2) is 0 Å². The summed E-state index contributed by atoms with van der Waals surface area (Å²) in [7, 11) is -0.0354. The van der Waals surface area contributed by atoms with E-state index in [2.05, 4.69) is 20.2 Å². The fourth-order valence-corrected chi connectivity index (χ4v) is 3.78. The maximum absolute atomic E-state index is 12.2. The molecule has 0 atom stereocenters. The summed E-state index contributed by atoms with van der Waals surface area (Å²) in [4.78, 5) is 14.1. The molecule has 2 rings (SSSR count). The first kappa shape index (κ1) is 18.5. The van der Waals surface area contributed by atoms with Crippen LogP contribution in [0.3, 0.4) is 0 Å². The van der Waals surface area contributed by atoms with Crippen LogP contribution < -0.4 is 10.0 Å². The molecule has 0 fully saturated rings. The van der Waals surface area contributed by atoms with Crippen molar-refractivity contribution < 1.29 is 13.2 Å². The Balaban J connectivity index is 2.05. The third kappa shape index (κ3) is 4.81. The molecule has 0 saturated heterocycles. The quantitative estimate of drug-likeness (QED) is 0.704. The van der Waals surface area contributed by atoms with Crippen molar-refractivity contribution in [2.45, 2.75) is 11.3 Å². The molecule has 130 valence electrons. The van der Waals surface area contributed by atoms with E-state index in [9.17, 15) is 13.2 Å². The van der Waals surface area contributed by atoms with Crippen LogP contribution in [-0.2, 0) is 10.0 Å². The van der Waals surface area contributed by atoms with E-state index >= 15 is 0 Å². The number of hydrogen-bond acceptors (Lipinski definition) is 7. The van der Waals surface area contributed by atoms with E-state index in [4.69, 9.17) is 0 Å². The zero-order valence-corrected chi connectivity index (χ0v) is 15.2. The van der Waals surface area contributed by atoms with Crippen LogP contribution >= 0.6 is 11.3 Å². The van der Waals surface area contributed by atoms with Crippen LogP contribution in [0, 0.1) is 6.92 Å². The molecular weight excluding hydrogens is 350 g/mol. The summed E-state index contributed by atoms with van der Waals surface area (Å²) in [5.74, 6) is -0.353. The van der Waals surface area contributed by atoms with Crippen LogP contribution in [0.2, 0.25) is 0 Å². The number of anilines is 1. The fourth-order valence-electron chi connectivity index (χ4n) is 1.83. The number of benzene rings is 1. The first-order valence-electron chi connectivity index (χ1n) is 7.14. The van der Waals surface area contributed by atoms with Gasteiger partial charge in [-0.2, -0.15) is 0 Å². The van der Waals surface area contributed by atoms with Gasteiger partial charge in [0.25, 0.3) is 15.9 Å². The summed E-state index contributed by atoms with van der Waals surface area (Å²) in [6.07, 6.45) is 0. The molecule has 2 aromatic rings. The predicted octanol–water partition coefficient (Wildman–Crippen LogP) is 0.939. The Morgan fingerprint density at radius 3 is 2.62 bits per heavy atom. The van der Waals surface area contributed by atoms with E-state index in [0.717, 1.165) is 16.9 Å². The Labute approximate surface area is 145 Å². The van der Waals surface area contributed by atoms with Crippen molar-refractivity contribution in [3.8, 4) is 0 Å². The smallest absolute Gasteiger partial charge is 0.269 e. The van der Waals surface area contributed by atoms with Crippen molar-refractivity contribution >= 4 is 32.4 Å². The predicted molar refractivity (Wildman–Crippen MR) is 92.8 cm³/mol. The summed E-state index contributed by atoms with van der Waals surface area (Å²) in [6.45, 7) is 2.65. The summed E-state index contributed by atoms with van der Waals surface area (Å²) in [5.41, 5.74) is 1.32. The van der Waals surface area contributed by atoms with Crippen molar-refractivity contribution in [1.29, 1.82) is 0 Å². The standard InChI is InChI=1S/C14H19N5O3S2/c1-10-6-4-5-7-11(10)12(20)16-13-17-18-14(23-13)24(21,22)15-8-9-19(2)3/h4-7,15H,8-9H2,1-3H3,(H,16,17,20). The number of nitrogens with zero attached hydrogens (tertiary/aromatic N) is 3. The van der Waals surface area contributed by atoms with E-state index in [1.807, 2.05) is 38.1 Å². The minimum atomic E-state index is -3.73. The van der Waals surface area contributed by atoms with Gasteiger partial charge in [-0.05, 0) is 32.6 Å². The summed E-state index contributed by atoms with van der Waals surface area (Å²) in [6, 6.07) is 7.10. The molecule has 0 unspecified atom stereocenters. The van der Waals surface area contributed by atoms with E-state index in [0.29, 0.717) is 12.1 Å². The van der Waals surface area contributed by atoms with Crippen LogP contribution in [0.1, 0.15) is 15.9 Å². The highest BCUT2D eigenvalue weighted by Gasteiger charge is 2.21. The molecule has 8 nitrogen and oxygen atoms in total. The molecule has 0 radical (unpaired) electrons. The fraction of sp³-hybridized carbons (Fsp3) is 0.357. The second-order valence-corrected chi connectivity index (χ2v) is 8.26. The molecule has 1 amide bonds. The van der Waals surface area contributed by atoms with Gasteiger partial charge in [0.05, 0.1) is 0 Å². The topological polar surface area (TPSA) is 104 Å². The Morgan fingerprint density at radius 2 is 1.96 bits per heavy atom. The number of carbonyl (C=O) groups is 1. The number of sulfonamides is 1. The van der Waals surface area contributed by atoms with Crippen LogP contribution in [0.15, 0.2) is 28.6 Å². The first-order chi connectivity index (χ1) is 11.3. The molecule has 0 aliphatic heterocycles. The molecule has 0 aliphatic carbocycles. The number of aryl methyl sites for hydroxylation is 1. The van der Waals surface area contributed by atoms with Gasteiger partial charge in [-0.15, -0.1) is 10.2 Å². The normalized spacial score (nSPS) is 11.7. The Hall–Kier alpha value is -1.88. The SMILES string of the molecule is Cc1ccccc1C(=O)Nc1nnc(S(=O)(=O)NCCN(C)C)s1. The van der Waals surface area contributed by atoms with E-state index < -0.39 is 10.0 Å². The maximum Gasteiger partial charge on any atom is 0.269 e. The van der Waals surface area contributed by atoms with Crippen molar-refractivity contribution in [3.05, 3.63) is 35.4 Å². The zero-order valence-electron chi connectivity index (χ0n) is 13.6. The Bertz CT molecular complexity index is 817. The third-order valence-electron chi connectivity index (χ3n) is 3.10. The Kier molecular flexibility index (Phi) is 5.99. The highest BCUT2D eigenvalue weighted by atomic mass is 32.2. The van der Waals surface area contributed by atoms with Gasteiger partial charge in [0.2, 0.25) is 9.47 Å². The van der Waals surface area contributed by atoms with E-state index in [-0.39, 0.29) is 21.9 Å². The van der Waals surface area contributed by atoms with Gasteiger partial charge >= 0.3 is 0 Å². The summed E-state index contributed by atoms with van der Waals surface area (Å²) < 4.78 is 26.5. The second-order valence-electron chi connectivity index (χ2n) is 5.34. The minimum Gasteiger partial charge on any atom is -0.308 e. The monoisotopic (exact) mass is 369 g/mol. The number of amides is 1. The molecule has 0 saturated carbocycles. The molecule has 1 aromatic carbocycles. The molecule has 0 bridgehead atoms. The van der Waals surface area contributed by atoms with Crippen LogP contribution in [0.25, 0.3) is 0 Å². The molecule has 24 heavy (non-hydrogen) atoms. The van der Waals surface area contributed by atoms with E-state index in [1.165, 1.54) is 0 Å². The van der Waals surface area contributed by atoms with Crippen LogP contribution in [0.5, 0.6) is 0 Å². The first-order valence-corrected chi connectivity index (χ1v) is 9.44. The molecular formula is C14H19N5O3S2. The summed E-state index contributed by atoms with van der Waals surface area (Å²) >= 11 is 0.809. The molecule has 10 heteroatoms. The summed E-state index contributed by atoms with van der Waals surface area (Å²) in [5, 5.41) is 10.1. The van der Waals surface area contributed by atoms with Crippen LogP contribution in [0.4, 0.5) is 5.13 Å². The van der Waals surface area contributed by atoms with Crippen LogP contribution in [-0.4, -0.2) is 56.6 Å². The molecule has 1 heterocycles. The maximum atomic E-state index is 12.2. The van der Waals surface area contributed by atoms with Gasteiger partial charge in [-0.1, -0.05) is 29.5 Å². The zero-order chi connectivity index (χ0) is 17.7. The lowest BCUT2D eigenvalue weighted by molar-refractivity contribution is 0.102. The highest BCUT2D eigenvalue weighted by Crippen LogP contribution is 2.20. The largest absolute Gasteiger partial charge is 0.308 e. The number of aromatic nitrogens is 2. The number of hydrogen-bond donors (Lipinski definition) is 2. The van der Waals surface area contributed by atoms with Crippen molar-refractivity contribution in [2.24, 2.45) is 0 Å². The van der Waals surface area contributed by atoms with Gasteiger partial charge in [0.1, 0.15) is 0 Å². The molecule has 2 N–H and O–H groups in total. The molecule has 0 aliphatic rings. The lowest BCUT2D eigenvalue weighted by atomic mass is 10.1. The van der Waals surface area contributed by atoms with Crippen molar-refractivity contribution in [2.75, 3.05) is 32.5 Å². The number of rotatable bonds is 7. The van der Waals surface area contributed by atoms with Gasteiger partial charge in [0, 0.05) is 18.7 Å². The number of likely N-dealkylation sites (N-methyl/N-ethyl adjacent to an activating group) is 1. The van der Waals surface area contributed by atoms with Gasteiger partial charge in [-0.3, -0.25) is 10.1 Å². The average Bonchev–Trinajstić information content (AvgIpc) is 2.96. The van der Waals surface area contributed by atoms with E-state index in [1.54, 1.807) is 12.1 Å². The number of carbonyl (C=O) groups excluding carboxylic acids is 1. The lowest BCUT2D eigenvalue weighted by Crippen LogP contribution is -2.31. The Morgan fingerprint density at radius 1 is 1.25 bits per heavy atom. The average molecular weight is 369 g/mol. The van der Waals surface area contributed by atoms with Gasteiger partial charge in [-0.25, -0.2) is 13.1 Å². The molecule has 1 aromatic heterocycles. The van der Waals surface area contributed by atoms with Gasteiger partial charge < -0.3 is 4.90 Å². The minimum absolute atomic E-state index is 0.135. The highest BCUT2D eigenvalue weighted by molar-refractivity contribution is 7.91. The number of nitrogens with one attached hydrogen (secondary N) is 2. The second kappa shape index (κ2) is 7.79. The lowest BCUT2D eigenvalue weighted by Gasteiger charge is -2.09. The molecule has 0 spiro atoms. The van der Waals surface area contributed by atoms with Crippen molar-refractivity contribution in [3.63, 3.8) is 0 Å².